The smallest absolute Gasteiger partial charge is 0.128 e. The van der Waals surface area contributed by atoms with Crippen LogP contribution in [0.4, 0.5) is 8.78 Å². The van der Waals surface area contributed by atoms with Gasteiger partial charge in [0, 0.05) is 11.6 Å². The van der Waals surface area contributed by atoms with Gasteiger partial charge in [0.2, 0.25) is 0 Å². The summed E-state index contributed by atoms with van der Waals surface area (Å²) in [4.78, 5) is 0. The molecule has 3 atom stereocenters. The van der Waals surface area contributed by atoms with Crippen molar-refractivity contribution >= 4 is 0 Å². The number of hydrogen-bond donors (Lipinski definition) is 1. The molecule has 1 fully saturated rings. The first-order chi connectivity index (χ1) is 9.58. The lowest BCUT2D eigenvalue weighted by Gasteiger charge is -2.14. The van der Waals surface area contributed by atoms with Crippen molar-refractivity contribution in [1.82, 2.24) is 0 Å². The topological polar surface area (TPSA) is 26.0 Å². The number of aryl methyl sites for hydroxylation is 1. The molecule has 3 rings (SSSR count). The number of hydrogen-bond acceptors (Lipinski definition) is 1. The molecular formula is C17H17F2N. The zero-order valence-corrected chi connectivity index (χ0v) is 11.3. The van der Waals surface area contributed by atoms with Crippen LogP contribution in [0.25, 0.3) is 0 Å². The van der Waals surface area contributed by atoms with Gasteiger partial charge in [-0.15, -0.1) is 0 Å². The van der Waals surface area contributed by atoms with E-state index in [0.29, 0.717) is 11.5 Å². The van der Waals surface area contributed by atoms with Gasteiger partial charge in [0.15, 0.2) is 0 Å². The predicted molar refractivity (Wildman–Crippen MR) is 75.3 cm³/mol. The summed E-state index contributed by atoms with van der Waals surface area (Å²) in [5.41, 5.74) is 7.97. The second-order valence-corrected chi connectivity index (χ2v) is 5.57. The Morgan fingerprint density at radius 2 is 1.80 bits per heavy atom. The fourth-order valence-corrected chi connectivity index (χ4v) is 2.84. The van der Waals surface area contributed by atoms with Crippen LogP contribution < -0.4 is 5.73 Å². The number of nitrogens with two attached hydrogens (primary N) is 1. The van der Waals surface area contributed by atoms with Crippen LogP contribution in [0.1, 0.15) is 35.1 Å². The monoisotopic (exact) mass is 273 g/mol. The van der Waals surface area contributed by atoms with Crippen LogP contribution in [0, 0.1) is 24.5 Å². The lowest BCUT2D eigenvalue weighted by molar-refractivity contribution is 0.531. The Hall–Kier alpha value is -1.74. The lowest BCUT2D eigenvalue weighted by atomic mass is 9.98. The first-order valence-corrected chi connectivity index (χ1v) is 6.84. The summed E-state index contributed by atoms with van der Waals surface area (Å²) in [7, 11) is 0. The highest BCUT2D eigenvalue weighted by molar-refractivity contribution is 5.33. The van der Waals surface area contributed by atoms with E-state index in [2.05, 4.69) is 12.1 Å². The van der Waals surface area contributed by atoms with Crippen molar-refractivity contribution in [1.29, 1.82) is 0 Å². The molecule has 0 radical (unpaired) electrons. The van der Waals surface area contributed by atoms with E-state index in [0.717, 1.165) is 6.42 Å². The molecule has 0 saturated heterocycles. The van der Waals surface area contributed by atoms with E-state index in [1.807, 2.05) is 18.2 Å². The summed E-state index contributed by atoms with van der Waals surface area (Å²) in [6.07, 6.45) is 0.931. The highest BCUT2D eigenvalue weighted by atomic mass is 19.1. The minimum absolute atomic E-state index is 0.189. The first-order valence-electron chi connectivity index (χ1n) is 6.84. The molecule has 0 amide bonds. The van der Waals surface area contributed by atoms with Crippen molar-refractivity contribution in [2.45, 2.75) is 25.3 Å². The average Bonchev–Trinajstić information content (AvgIpc) is 3.23. The third-order valence-corrected chi connectivity index (χ3v) is 4.17. The molecule has 1 nitrogen and oxygen atoms in total. The predicted octanol–water partition coefficient (Wildman–Crippen LogP) is 4.08. The Balaban J connectivity index is 1.82. The molecule has 2 aromatic carbocycles. The number of rotatable bonds is 3. The maximum atomic E-state index is 14.0. The molecule has 3 heteroatoms. The van der Waals surface area contributed by atoms with Gasteiger partial charge in [0.1, 0.15) is 11.6 Å². The average molecular weight is 273 g/mol. The fraction of sp³-hybridized carbons (Fsp3) is 0.294. The van der Waals surface area contributed by atoms with E-state index in [1.54, 1.807) is 6.92 Å². The fourth-order valence-electron chi connectivity index (χ4n) is 2.84. The molecule has 1 aliphatic carbocycles. The van der Waals surface area contributed by atoms with Crippen LogP contribution in [0.15, 0.2) is 42.5 Å². The molecule has 1 aliphatic rings. The summed E-state index contributed by atoms with van der Waals surface area (Å²) < 4.78 is 27.6. The van der Waals surface area contributed by atoms with E-state index >= 15 is 0 Å². The molecule has 0 heterocycles. The maximum Gasteiger partial charge on any atom is 0.128 e. The van der Waals surface area contributed by atoms with Crippen molar-refractivity contribution in [3.8, 4) is 0 Å². The van der Waals surface area contributed by atoms with E-state index in [9.17, 15) is 8.78 Å². The van der Waals surface area contributed by atoms with Crippen LogP contribution >= 0.6 is 0 Å². The van der Waals surface area contributed by atoms with Gasteiger partial charge in [-0.05, 0) is 48.4 Å². The highest BCUT2D eigenvalue weighted by Crippen LogP contribution is 2.53. The minimum atomic E-state index is -0.449. The SMILES string of the molecule is Cc1cc(F)c(C(N)C2CC2c2ccccc2)cc1F. The van der Waals surface area contributed by atoms with Crippen molar-refractivity contribution in [2.75, 3.05) is 0 Å². The second-order valence-electron chi connectivity index (χ2n) is 5.57. The Morgan fingerprint density at radius 1 is 1.10 bits per heavy atom. The molecule has 20 heavy (non-hydrogen) atoms. The van der Waals surface area contributed by atoms with Crippen LogP contribution in [0.3, 0.4) is 0 Å². The van der Waals surface area contributed by atoms with Gasteiger partial charge in [0.25, 0.3) is 0 Å². The molecule has 104 valence electrons. The Bertz CT molecular complexity index is 624. The van der Waals surface area contributed by atoms with Crippen molar-refractivity contribution in [3.05, 3.63) is 70.8 Å². The molecule has 3 unspecified atom stereocenters. The highest BCUT2D eigenvalue weighted by Gasteiger charge is 2.43. The summed E-state index contributed by atoms with van der Waals surface area (Å²) >= 11 is 0. The van der Waals surface area contributed by atoms with E-state index < -0.39 is 17.7 Å². The number of benzene rings is 2. The summed E-state index contributed by atoms with van der Waals surface area (Å²) in [5.74, 6) is -0.257. The summed E-state index contributed by atoms with van der Waals surface area (Å²) in [6.45, 7) is 1.55. The maximum absolute atomic E-state index is 14.0. The minimum Gasteiger partial charge on any atom is -0.324 e. The lowest BCUT2D eigenvalue weighted by Crippen LogP contribution is -2.16. The van der Waals surface area contributed by atoms with Crippen LogP contribution in [0.5, 0.6) is 0 Å². The van der Waals surface area contributed by atoms with E-state index in [-0.39, 0.29) is 11.5 Å². The molecule has 0 aliphatic heterocycles. The Labute approximate surface area is 117 Å². The molecule has 0 aromatic heterocycles. The van der Waals surface area contributed by atoms with E-state index in [1.165, 1.54) is 17.7 Å². The summed E-state index contributed by atoms with van der Waals surface area (Å²) in [6, 6.07) is 12.1. The van der Waals surface area contributed by atoms with Gasteiger partial charge in [-0.2, -0.15) is 0 Å². The zero-order chi connectivity index (χ0) is 14.3. The first kappa shape index (κ1) is 13.3. The van der Waals surface area contributed by atoms with Gasteiger partial charge in [-0.1, -0.05) is 30.3 Å². The van der Waals surface area contributed by atoms with Gasteiger partial charge in [0.05, 0.1) is 0 Å². The Kier molecular flexibility index (Phi) is 3.30. The van der Waals surface area contributed by atoms with Gasteiger partial charge in [-0.25, -0.2) is 8.78 Å². The van der Waals surface area contributed by atoms with E-state index in [4.69, 9.17) is 5.73 Å². The zero-order valence-electron chi connectivity index (χ0n) is 11.3. The van der Waals surface area contributed by atoms with Crippen molar-refractivity contribution in [3.63, 3.8) is 0 Å². The van der Waals surface area contributed by atoms with Gasteiger partial charge < -0.3 is 5.73 Å². The van der Waals surface area contributed by atoms with Gasteiger partial charge in [-0.3, -0.25) is 0 Å². The third-order valence-electron chi connectivity index (χ3n) is 4.17. The molecule has 2 N–H and O–H groups in total. The van der Waals surface area contributed by atoms with Crippen molar-refractivity contribution < 1.29 is 8.78 Å². The van der Waals surface area contributed by atoms with Gasteiger partial charge >= 0.3 is 0 Å². The molecule has 2 aromatic rings. The largest absolute Gasteiger partial charge is 0.324 e. The molecular weight excluding hydrogens is 256 g/mol. The molecule has 0 bridgehead atoms. The number of halogens is 2. The quantitative estimate of drug-likeness (QED) is 0.896. The molecule has 1 saturated carbocycles. The summed E-state index contributed by atoms with van der Waals surface area (Å²) in [5, 5.41) is 0. The second kappa shape index (κ2) is 4.98. The van der Waals surface area contributed by atoms with Crippen LogP contribution in [0.2, 0.25) is 0 Å². The Morgan fingerprint density at radius 3 is 2.50 bits per heavy atom. The van der Waals surface area contributed by atoms with Crippen LogP contribution in [-0.2, 0) is 0 Å². The third kappa shape index (κ3) is 2.34. The molecule has 0 spiro atoms. The standard InChI is InChI=1S/C17H17F2N/c1-10-7-16(19)14(9-15(10)18)17(20)13-8-12(13)11-5-3-2-4-6-11/h2-7,9,12-13,17H,8,20H2,1H3. The van der Waals surface area contributed by atoms with Crippen LogP contribution in [-0.4, -0.2) is 0 Å². The normalized spacial score (nSPS) is 22.6. The van der Waals surface area contributed by atoms with Crippen molar-refractivity contribution in [2.24, 2.45) is 11.7 Å².